The lowest BCUT2D eigenvalue weighted by Crippen LogP contribution is -2.53. The van der Waals surface area contributed by atoms with E-state index in [1.165, 1.54) is 11.1 Å². The molecule has 2 fully saturated rings. The van der Waals surface area contributed by atoms with Crippen LogP contribution in [0.15, 0.2) is 24.3 Å². The van der Waals surface area contributed by atoms with E-state index in [0.717, 1.165) is 32.7 Å². The molecule has 2 heterocycles. The van der Waals surface area contributed by atoms with Crippen LogP contribution in [0.2, 0.25) is 0 Å². The maximum atomic E-state index is 11.6. The van der Waals surface area contributed by atoms with Crippen LogP contribution < -0.4 is 0 Å². The molecule has 2 aliphatic heterocycles. The minimum atomic E-state index is -3.07. The standard InChI is InChI=1S/C16H24N2O3S/c1-13-4-2-3-5-14(13)10-17-6-8-18(9-7-17)15-11-22(20,21)12-16(15)19/h2-5,15-16,19H,6-12H2,1H3. The Hall–Kier alpha value is -0.950. The zero-order chi connectivity index (χ0) is 15.7. The van der Waals surface area contributed by atoms with Gasteiger partial charge in [0, 0.05) is 32.7 Å². The van der Waals surface area contributed by atoms with Crippen molar-refractivity contribution >= 4 is 9.84 Å². The van der Waals surface area contributed by atoms with Crippen molar-refractivity contribution in [1.82, 2.24) is 9.80 Å². The summed E-state index contributed by atoms with van der Waals surface area (Å²) in [5.41, 5.74) is 2.65. The van der Waals surface area contributed by atoms with Crippen molar-refractivity contribution in [1.29, 1.82) is 0 Å². The van der Waals surface area contributed by atoms with Crippen molar-refractivity contribution in [3.63, 3.8) is 0 Å². The predicted octanol–water partition coefficient (Wildman–Crippen LogP) is 0.271. The topological polar surface area (TPSA) is 60.9 Å². The number of benzene rings is 1. The lowest BCUT2D eigenvalue weighted by molar-refractivity contribution is 0.0423. The van der Waals surface area contributed by atoms with Gasteiger partial charge >= 0.3 is 0 Å². The van der Waals surface area contributed by atoms with Crippen LogP contribution in [0.25, 0.3) is 0 Å². The molecule has 3 rings (SSSR count). The number of aryl methyl sites for hydroxylation is 1. The smallest absolute Gasteiger partial charge is 0.154 e. The molecule has 122 valence electrons. The van der Waals surface area contributed by atoms with Gasteiger partial charge in [-0.2, -0.15) is 0 Å². The van der Waals surface area contributed by atoms with Gasteiger partial charge < -0.3 is 5.11 Å². The number of rotatable bonds is 3. The fourth-order valence-corrected chi connectivity index (χ4v) is 5.27. The second-order valence-corrected chi connectivity index (χ2v) is 8.60. The highest BCUT2D eigenvalue weighted by Gasteiger charge is 2.40. The quantitative estimate of drug-likeness (QED) is 0.865. The zero-order valence-electron chi connectivity index (χ0n) is 13.0. The highest BCUT2D eigenvalue weighted by molar-refractivity contribution is 7.91. The summed E-state index contributed by atoms with van der Waals surface area (Å²) >= 11 is 0. The van der Waals surface area contributed by atoms with Gasteiger partial charge in [0.25, 0.3) is 0 Å². The van der Waals surface area contributed by atoms with Crippen LogP contribution in [0.5, 0.6) is 0 Å². The summed E-state index contributed by atoms with van der Waals surface area (Å²) in [7, 11) is -3.07. The Balaban J connectivity index is 1.56. The lowest BCUT2D eigenvalue weighted by Gasteiger charge is -2.38. The average Bonchev–Trinajstić information content (AvgIpc) is 2.75. The molecule has 2 saturated heterocycles. The average molecular weight is 324 g/mol. The maximum Gasteiger partial charge on any atom is 0.154 e. The van der Waals surface area contributed by atoms with Gasteiger partial charge in [0.1, 0.15) is 0 Å². The van der Waals surface area contributed by atoms with E-state index in [-0.39, 0.29) is 17.5 Å². The van der Waals surface area contributed by atoms with E-state index in [0.29, 0.717) is 0 Å². The van der Waals surface area contributed by atoms with Crippen LogP contribution in [0.1, 0.15) is 11.1 Å². The zero-order valence-corrected chi connectivity index (χ0v) is 13.8. The van der Waals surface area contributed by atoms with E-state index in [2.05, 4.69) is 41.0 Å². The van der Waals surface area contributed by atoms with Crippen LogP contribution in [-0.2, 0) is 16.4 Å². The molecule has 2 atom stereocenters. The molecule has 0 aromatic heterocycles. The first-order valence-electron chi connectivity index (χ1n) is 7.84. The lowest BCUT2D eigenvalue weighted by atomic mass is 10.1. The third-order valence-electron chi connectivity index (χ3n) is 4.82. The van der Waals surface area contributed by atoms with E-state index in [1.807, 2.05) is 0 Å². The molecule has 1 aromatic rings. The number of nitrogens with zero attached hydrogens (tertiary/aromatic N) is 2. The normalized spacial score (nSPS) is 29.7. The Morgan fingerprint density at radius 3 is 2.41 bits per heavy atom. The molecule has 6 heteroatoms. The minimum absolute atomic E-state index is 0.0823. The molecule has 5 nitrogen and oxygen atoms in total. The van der Waals surface area contributed by atoms with E-state index < -0.39 is 15.9 Å². The Kier molecular flexibility index (Phi) is 4.54. The van der Waals surface area contributed by atoms with Gasteiger partial charge in [-0.1, -0.05) is 24.3 Å². The second-order valence-electron chi connectivity index (χ2n) is 6.45. The molecule has 0 bridgehead atoms. The van der Waals surface area contributed by atoms with E-state index >= 15 is 0 Å². The summed E-state index contributed by atoms with van der Waals surface area (Å²) in [6.07, 6.45) is -0.729. The van der Waals surface area contributed by atoms with Gasteiger partial charge in [-0.3, -0.25) is 9.80 Å². The fraction of sp³-hybridized carbons (Fsp3) is 0.625. The Bertz CT molecular complexity index is 624. The third-order valence-corrected chi connectivity index (χ3v) is 6.52. The molecular formula is C16H24N2O3S. The minimum Gasteiger partial charge on any atom is -0.390 e. The molecule has 0 saturated carbocycles. The molecule has 2 unspecified atom stereocenters. The molecule has 0 radical (unpaired) electrons. The summed E-state index contributed by atoms with van der Waals surface area (Å²) in [5.74, 6) is 0.0209. The number of piperazine rings is 1. The van der Waals surface area contributed by atoms with Crippen LogP contribution in [-0.4, -0.2) is 73.2 Å². The Morgan fingerprint density at radius 2 is 1.82 bits per heavy atom. The van der Waals surface area contributed by atoms with Gasteiger partial charge in [-0.25, -0.2) is 8.42 Å². The first kappa shape index (κ1) is 15.9. The third kappa shape index (κ3) is 3.51. The van der Waals surface area contributed by atoms with Crippen LogP contribution in [0.4, 0.5) is 0 Å². The largest absolute Gasteiger partial charge is 0.390 e. The summed E-state index contributed by atoms with van der Waals surface area (Å²) < 4.78 is 23.3. The molecule has 22 heavy (non-hydrogen) atoms. The van der Waals surface area contributed by atoms with E-state index in [9.17, 15) is 13.5 Å². The molecular weight excluding hydrogens is 300 g/mol. The predicted molar refractivity (Wildman–Crippen MR) is 86.5 cm³/mol. The van der Waals surface area contributed by atoms with Crippen molar-refractivity contribution in [2.75, 3.05) is 37.7 Å². The Labute approximate surface area is 132 Å². The van der Waals surface area contributed by atoms with Gasteiger partial charge in [0.15, 0.2) is 9.84 Å². The highest BCUT2D eigenvalue weighted by atomic mass is 32.2. The molecule has 0 aliphatic carbocycles. The van der Waals surface area contributed by atoms with Crippen molar-refractivity contribution in [3.8, 4) is 0 Å². The van der Waals surface area contributed by atoms with Gasteiger partial charge in [0.2, 0.25) is 0 Å². The summed E-state index contributed by atoms with van der Waals surface area (Å²) in [4.78, 5) is 4.54. The number of aliphatic hydroxyl groups excluding tert-OH is 1. The first-order valence-corrected chi connectivity index (χ1v) is 9.66. The van der Waals surface area contributed by atoms with E-state index in [1.54, 1.807) is 0 Å². The molecule has 0 amide bonds. The summed E-state index contributed by atoms with van der Waals surface area (Å²) in [6, 6.07) is 8.20. The Morgan fingerprint density at radius 1 is 1.14 bits per heavy atom. The molecule has 1 N–H and O–H groups in total. The van der Waals surface area contributed by atoms with Gasteiger partial charge in [-0.15, -0.1) is 0 Å². The van der Waals surface area contributed by atoms with E-state index in [4.69, 9.17) is 0 Å². The molecule has 2 aliphatic rings. The highest BCUT2D eigenvalue weighted by Crippen LogP contribution is 2.21. The van der Waals surface area contributed by atoms with Crippen LogP contribution >= 0.6 is 0 Å². The van der Waals surface area contributed by atoms with Gasteiger partial charge in [0.05, 0.1) is 23.7 Å². The number of sulfone groups is 1. The number of aliphatic hydroxyl groups is 1. The van der Waals surface area contributed by atoms with Crippen molar-refractivity contribution < 1.29 is 13.5 Å². The van der Waals surface area contributed by atoms with Crippen molar-refractivity contribution in [3.05, 3.63) is 35.4 Å². The monoisotopic (exact) mass is 324 g/mol. The second kappa shape index (κ2) is 6.28. The molecule has 0 spiro atoms. The SMILES string of the molecule is Cc1ccccc1CN1CCN(C2CS(=O)(=O)CC2O)CC1. The number of hydrogen-bond acceptors (Lipinski definition) is 5. The van der Waals surface area contributed by atoms with Crippen LogP contribution in [0, 0.1) is 6.92 Å². The summed E-state index contributed by atoms with van der Waals surface area (Å²) in [6.45, 7) is 6.54. The fourth-order valence-electron chi connectivity index (χ4n) is 3.44. The van der Waals surface area contributed by atoms with Crippen molar-refractivity contribution in [2.45, 2.75) is 25.6 Å². The summed E-state index contributed by atoms with van der Waals surface area (Å²) in [5, 5.41) is 9.98. The van der Waals surface area contributed by atoms with Crippen molar-refractivity contribution in [2.24, 2.45) is 0 Å². The maximum absolute atomic E-state index is 11.6. The first-order chi connectivity index (χ1) is 10.4. The number of hydrogen-bond donors (Lipinski definition) is 1. The van der Waals surface area contributed by atoms with Gasteiger partial charge in [-0.05, 0) is 18.1 Å². The van der Waals surface area contributed by atoms with Crippen LogP contribution in [0.3, 0.4) is 0 Å². The molecule has 1 aromatic carbocycles.